The molecule has 2 heterocycles. The number of H-pyrrole nitrogens is 1. The van der Waals surface area contributed by atoms with Gasteiger partial charge in [0.25, 0.3) is 0 Å². The van der Waals surface area contributed by atoms with Crippen molar-refractivity contribution in [2.24, 2.45) is 0 Å². The van der Waals surface area contributed by atoms with Crippen molar-refractivity contribution in [3.63, 3.8) is 0 Å². The van der Waals surface area contributed by atoms with Crippen molar-refractivity contribution >= 4 is 11.5 Å². The molecule has 0 fully saturated rings. The Morgan fingerprint density at radius 1 is 1.61 bits per heavy atom. The zero-order valence-electron chi connectivity index (χ0n) is 9.96. The minimum absolute atomic E-state index is 0.0383. The number of nitrogens with one attached hydrogen (secondary N) is 2. The molecule has 0 amide bonds. The van der Waals surface area contributed by atoms with Crippen LogP contribution in [-0.2, 0) is 4.74 Å². The average molecular weight is 253 g/mol. The van der Waals surface area contributed by atoms with Crippen LogP contribution in [0.1, 0.15) is 6.42 Å². The van der Waals surface area contributed by atoms with Crippen LogP contribution in [0.4, 0.5) is 5.82 Å². The first-order valence-electron chi connectivity index (χ1n) is 5.55. The molecule has 0 spiro atoms. The maximum atomic E-state index is 11.3. The molecule has 0 aliphatic rings. The zero-order valence-corrected chi connectivity index (χ0v) is 9.96. The molecule has 0 radical (unpaired) electrons. The Balaban J connectivity index is 2.14. The number of methoxy groups -OCH3 is 1. The Morgan fingerprint density at radius 2 is 2.44 bits per heavy atom. The minimum atomic E-state index is -0.397. The van der Waals surface area contributed by atoms with E-state index in [-0.39, 0.29) is 12.6 Å². The van der Waals surface area contributed by atoms with E-state index in [2.05, 4.69) is 20.6 Å². The second-order valence-electron chi connectivity index (χ2n) is 3.82. The summed E-state index contributed by atoms with van der Waals surface area (Å²) in [5, 5.41) is 22.4. The standard InChI is InChI=1S/C10H15N5O3/c1-18-5-4-7(6-16)11-8-2-3-9-12-13-10(17)15(9)14-8/h2-3,7,16H,4-6H2,1H3,(H,11,14)(H,13,17). The lowest BCUT2D eigenvalue weighted by molar-refractivity contribution is 0.174. The molecule has 0 saturated carbocycles. The van der Waals surface area contributed by atoms with Crippen LogP contribution in [0.25, 0.3) is 5.65 Å². The van der Waals surface area contributed by atoms with Crippen LogP contribution in [0.15, 0.2) is 16.9 Å². The summed E-state index contributed by atoms with van der Waals surface area (Å²) in [6.07, 6.45) is 0.646. The highest BCUT2D eigenvalue weighted by Crippen LogP contribution is 2.06. The highest BCUT2D eigenvalue weighted by atomic mass is 16.5. The Hall–Kier alpha value is -1.93. The van der Waals surface area contributed by atoms with E-state index >= 15 is 0 Å². The molecule has 0 saturated heterocycles. The molecule has 18 heavy (non-hydrogen) atoms. The summed E-state index contributed by atoms with van der Waals surface area (Å²) in [7, 11) is 1.60. The molecule has 8 nitrogen and oxygen atoms in total. The Bertz CT molecular complexity index is 564. The number of aliphatic hydroxyl groups is 1. The van der Waals surface area contributed by atoms with Gasteiger partial charge in [0.05, 0.1) is 12.6 Å². The summed E-state index contributed by atoms with van der Waals surface area (Å²) >= 11 is 0. The van der Waals surface area contributed by atoms with E-state index in [1.165, 1.54) is 0 Å². The minimum Gasteiger partial charge on any atom is -0.394 e. The lowest BCUT2D eigenvalue weighted by Crippen LogP contribution is -2.26. The second kappa shape index (κ2) is 5.61. The third-order valence-electron chi connectivity index (χ3n) is 2.52. The molecule has 0 bridgehead atoms. The third kappa shape index (κ3) is 2.66. The summed E-state index contributed by atoms with van der Waals surface area (Å²) in [5.74, 6) is 0.501. The van der Waals surface area contributed by atoms with Crippen LogP contribution >= 0.6 is 0 Å². The molecule has 1 atom stereocenters. The molecule has 2 rings (SSSR count). The summed E-state index contributed by atoms with van der Waals surface area (Å²) in [5.41, 5.74) is 0.0501. The van der Waals surface area contributed by atoms with Crippen LogP contribution < -0.4 is 11.0 Å². The number of ether oxygens (including phenoxy) is 1. The number of rotatable bonds is 6. The first-order chi connectivity index (χ1) is 8.74. The summed E-state index contributed by atoms with van der Waals surface area (Å²) in [6.45, 7) is 0.496. The monoisotopic (exact) mass is 253 g/mol. The maximum absolute atomic E-state index is 11.3. The number of anilines is 1. The molecule has 0 aliphatic carbocycles. The molecule has 8 heteroatoms. The largest absolute Gasteiger partial charge is 0.394 e. The average Bonchev–Trinajstić information content (AvgIpc) is 2.76. The number of aromatic nitrogens is 4. The van der Waals surface area contributed by atoms with Gasteiger partial charge < -0.3 is 15.2 Å². The van der Waals surface area contributed by atoms with Crippen LogP contribution in [-0.4, -0.2) is 51.3 Å². The lowest BCUT2D eigenvalue weighted by Gasteiger charge is -2.15. The van der Waals surface area contributed by atoms with Crippen molar-refractivity contribution in [1.82, 2.24) is 19.8 Å². The topological polar surface area (TPSA) is 105 Å². The van der Waals surface area contributed by atoms with Crippen molar-refractivity contribution in [2.75, 3.05) is 25.6 Å². The van der Waals surface area contributed by atoms with Gasteiger partial charge in [0.15, 0.2) is 5.65 Å². The van der Waals surface area contributed by atoms with Gasteiger partial charge in [-0.05, 0) is 18.6 Å². The third-order valence-corrected chi connectivity index (χ3v) is 2.52. The SMILES string of the molecule is COCCC(CO)Nc1ccc2n[nH]c(=O)n2n1. The highest BCUT2D eigenvalue weighted by Gasteiger charge is 2.09. The molecule has 2 aromatic rings. The lowest BCUT2D eigenvalue weighted by atomic mass is 10.2. The predicted molar refractivity (Wildman–Crippen MR) is 64.6 cm³/mol. The fraction of sp³-hybridized carbons (Fsp3) is 0.500. The van der Waals surface area contributed by atoms with Crippen molar-refractivity contribution in [3.8, 4) is 0 Å². The quantitative estimate of drug-likeness (QED) is 0.624. The number of nitrogens with zero attached hydrogens (tertiary/aromatic N) is 3. The smallest absolute Gasteiger partial charge is 0.364 e. The van der Waals surface area contributed by atoms with E-state index < -0.39 is 5.69 Å². The van der Waals surface area contributed by atoms with E-state index in [0.29, 0.717) is 24.5 Å². The van der Waals surface area contributed by atoms with Crippen molar-refractivity contribution in [3.05, 3.63) is 22.6 Å². The van der Waals surface area contributed by atoms with Gasteiger partial charge in [0.1, 0.15) is 5.82 Å². The number of aromatic amines is 1. The summed E-state index contributed by atoms with van der Waals surface area (Å²) in [4.78, 5) is 11.3. The molecule has 2 aromatic heterocycles. The molecule has 1 unspecified atom stereocenters. The van der Waals surface area contributed by atoms with Crippen LogP contribution in [0, 0.1) is 0 Å². The van der Waals surface area contributed by atoms with Gasteiger partial charge in [-0.3, -0.25) is 0 Å². The van der Waals surface area contributed by atoms with Gasteiger partial charge in [-0.25, -0.2) is 9.89 Å². The van der Waals surface area contributed by atoms with Crippen LogP contribution in [0.5, 0.6) is 0 Å². The predicted octanol–water partition coefficient (Wildman–Crippen LogP) is -0.773. The van der Waals surface area contributed by atoms with Gasteiger partial charge >= 0.3 is 5.69 Å². The zero-order chi connectivity index (χ0) is 13.0. The molecule has 3 N–H and O–H groups in total. The summed E-state index contributed by atoms with van der Waals surface area (Å²) < 4.78 is 6.11. The number of fused-ring (bicyclic) bond motifs is 1. The Kier molecular flexibility index (Phi) is 3.90. The van der Waals surface area contributed by atoms with Crippen molar-refractivity contribution in [1.29, 1.82) is 0 Å². The fourth-order valence-electron chi connectivity index (χ4n) is 1.56. The fourth-order valence-corrected chi connectivity index (χ4v) is 1.56. The van der Waals surface area contributed by atoms with Gasteiger partial charge in [0.2, 0.25) is 0 Å². The van der Waals surface area contributed by atoms with Crippen molar-refractivity contribution < 1.29 is 9.84 Å². The van der Waals surface area contributed by atoms with E-state index in [0.717, 1.165) is 4.52 Å². The Morgan fingerprint density at radius 3 is 3.17 bits per heavy atom. The van der Waals surface area contributed by atoms with E-state index in [1.54, 1.807) is 19.2 Å². The van der Waals surface area contributed by atoms with Crippen molar-refractivity contribution in [2.45, 2.75) is 12.5 Å². The maximum Gasteiger partial charge on any atom is 0.364 e. The van der Waals surface area contributed by atoms with Gasteiger partial charge in [0, 0.05) is 13.7 Å². The molecular weight excluding hydrogens is 238 g/mol. The number of hydrogen-bond acceptors (Lipinski definition) is 6. The van der Waals surface area contributed by atoms with E-state index in [1.807, 2.05) is 0 Å². The first kappa shape index (κ1) is 12.5. The van der Waals surface area contributed by atoms with E-state index in [9.17, 15) is 9.90 Å². The highest BCUT2D eigenvalue weighted by molar-refractivity contribution is 5.43. The Labute approximate surface area is 103 Å². The number of hydrogen-bond donors (Lipinski definition) is 3. The van der Waals surface area contributed by atoms with Gasteiger partial charge in [-0.1, -0.05) is 0 Å². The molecule has 0 aromatic carbocycles. The molecule has 98 valence electrons. The molecular formula is C10H15N5O3. The molecule has 0 aliphatic heterocycles. The first-order valence-corrected chi connectivity index (χ1v) is 5.55. The van der Waals surface area contributed by atoms with E-state index in [4.69, 9.17) is 4.74 Å². The summed E-state index contributed by atoms with van der Waals surface area (Å²) in [6, 6.07) is 3.20. The van der Waals surface area contributed by atoms with Gasteiger partial charge in [-0.2, -0.15) is 9.61 Å². The van der Waals surface area contributed by atoms with Gasteiger partial charge in [-0.15, -0.1) is 5.10 Å². The second-order valence-corrected chi connectivity index (χ2v) is 3.82. The number of aliphatic hydroxyl groups excluding tert-OH is 1. The normalized spacial score (nSPS) is 12.8. The van der Waals surface area contributed by atoms with Crippen LogP contribution in [0.3, 0.4) is 0 Å². The van der Waals surface area contributed by atoms with Crippen LogP contribution in [0.2, 0.25) is 0 Å².